The van der Waals surface area contributed by atoms with Gasteiger partial charge in [0.2, 0.25) is 5.91 Å². The molecule has 1 aliphatic rings. The van der Waals surface area contributed by atoms with E-state index in [-0.39, 0.29) is 11.7 Å². The van der Waals surface area contributed by atoms with Crippen LogP contribution in [0.15, 0.2) is 24.3 Å². The summed E-state index contributed by atoms with van der Waals surface area (Å²) in [5.74, 6) is -2.17. The Kier molecular flexibility index (Phi) is 4.84. The summed E-state index contributed by atoms with van der Waals surface area (Å²) in [6.07, 6.45) is 3.15. The number of rotatable bonds is 5. The Morgan fingerprint density at radius 2 is 1.91 bits per heavy atom. The zero-order valence-electron chi connectivity index (χ0n) is 12.9. The van der Waals surface area contributed by atoms with E-state index in [2.05, 4.69) is 5.32 Å². The Bertz CT molecular complexity index is 567. The molecule has 22 heavy (non-hydrogen) atoms. The van der Waals surface area contributed by atoms with Gasteiger partial charge in [0, 0.05) is 6.04 Å². The van der Waals surface area contributed by atoms with E-state index in [1.165, 1.54) is 12.1 Å². The maximum atomic E-state index is 13.5. The first-order valence-corrected chi connectivity index (χ1v) is 7.66. The molecule has 0 aromatic heterocycles. The standard InChI is InChI=1S/C17H22FNO3/c1-11(15(20)21)12(2)19-16(22)17(8-3-4-9-17)13-6-5-7-14(18)10-13/h5-7,10-12H,3-4,8-9H2,1-2H3,(H,19,22)(H,20,21). The molecule has 2 unspecified atom stereocenters. The summed E-state index contributed by atoms with van der Waals surface area (Å²) >= 11 is 0. The van der Waals surface area contributed by atoms with Crippen molar-refractivity contribution in [3.05, 3.63) is 35.6 Å². The molecule has 2 rings (SSSR count). The fraction of sp³-hybridized carbons (Fsp3) is 0.529. The first kappa shape index (κ1) is 16.5. The van der Waals surface area contributed by atoms with E-state index in [4.69, 9.17) is 5.11 Å². The number of hydrogen-bond donors (Lipinski definition) is 2. The lowest BCUT2D eigenvalue weighted by atomic mass is 9.77. The number of carbonyl (C=O) groups is 2. The van der Waals surface area contributed by atoms with Gasteiger partial charge in [0.15, 0.2) is 0 Å². The van der Waals surface area contributed by atoms with Crippen molar-refractivity contribution >= 4 is 11.9 Å². The molecule has 0 heterocycles. The molecule has 0 saturated heterocycles. The fourth-order valence-electron chi connectivity index (χ4n) is 3.10. The van der Waals surface area contributed by atoms with Gasteiger partial charge in [-0.15, -0.1) is 0 Å². The van der Waals surface area contributed by atoms with Gasteiger partial charge in [0.1, 0.15) is 5.82 Å². The highest BCUT2D eigenvalue weighted by Crippen LogP contribution is 2.41. The van der Waals surface area contributed by atoms with Crippen LogP contribution >= 0.6 is 0 Å². The zero-order valence-corrected chi connectivity index (χ0v) is 12.9. The van der Waals surface area contributed by atoms with Gasteiger partial charge in [-0.3, -0.25) is 9.59 Å². The van der Waals surface area contributed by atoms with E-state index in [9.17, 15) is 14.0 Å². The van der Waals surface area contributed by atoms with Crippen LogP contribution in [-0.4, -0.2) is 23.0 Å². The predicted molar refractivity (Wildman–Crippen MR) is 81.0 cm³/mol. The minimum absolute atomic E-state index is 0.198. The molecule has 1 fully saturated rings. The third kappa shape index (κ3) is 3.13. The Hall–Kier alpha value is -1.91. The second kappa shape index (κ2) is 6.46. The lowest BCUT2D eigenvalue weighted by molar-refractivity contribution is -0.142. The third-order valence-corrected chi connectivity index (χ3v) is 4.77. The van der Waals surface area contributed by atoms with Crippen LogP contribution in [0.25, 0.3) is 0 Å². The number of aliphatic carboxylic acids is 1. The number of benzene rings is 1. The lowest BCUT2D eigenvalue weighted by Gasteiger charge is -2.31. The molecule has 0 spiro atoms. The van der Waals surface area contributed by atoms with Crippen molar-refractivity contribution in [2.75, 3.05) is 0 Å². The predicted octanol–water partition coefficient (Wildman–Crippen LogP) is 2.86. The SMILES string of the molecule is CC(NC(=O)C1(c2cccc(F)c2)CCCC1)C(C)C(=O)O. The molecule has 0 radical (unpaired) electrons. The highest BCUT2D eigenvalue weighted by atomic mass is 19.1. The second-order valence-corrected chi connectivity index (χ2v) is 6.19. The number of carbonyl (C=O) groups excluding carboxylic acids is 1. The summed E-state index contributed by atoms with van der Waals surface area (Å²) in [4.78, 5) is 23.8. The largest absolute Gasteiger partial charge is 0.481 e. The maximum Gasteiger partial charge on any atom is 0.308 e. The Balaban J connectivity index is 2.24. The van der Waals surface area contributed by atoms with Crippen LogP contribution in [0.4, 0.5) is 4.39 Å². The molecule has 4 nitrogen and oxygen atoms in total. The van der Waals surface area contributed by atoms with Crippen LogP contribution in [0.1, 0.15) is 45.1 Å². The van der Waals surface area contributed by atoms with Crippen molar-refractivity contribution in [1.82, 2.24) is 5.32 Å². The second-order valence-electron chi connectivity index (χ2n) is 6.19. The molecule has 2 N–H and O–H groups in total. The normalized spacial score (nSPS) is 19.4. The molecule has 1 amide bonds. The number of nitrogens with one attached hydrogen (secondary N) is 1. The molecule has 1 aliphatic carbocycles. The van der Waals surface area contributed by atoms with Gasteiger partial charge in [-0.2, -0.15) is 0 Å². The summed E-state index contributed by atoms with van der Waals surface area (Å²) in [6.45, 7) is 3.25. The molecule has 1 aromatic carbocycles. The smallest absolute Gasteiger partial charge is 0.308 e. The highest BCUT2D eigenvalue weighted by Gasteiger charge is 2.43. The van der Waals surface area contributed by atoms with Crippen molar-refractivity contribution in [1.29, 1.82) is 0 Å². The first-order chi connectivity index (χ1) is 10.4. The molecule has 1 saturated carbocycles. The monoisotopic (exact) mass is 307 g/mol. The quantitative estimate of drug-likeness (QED) is 0.879. The average Bonchev–Trinajstić information content (AvgIpc) is 2.97. The van der Waals surface area contributed by atoms with Crippen molar-refractivity contribution in [3.63, 3.8) is 0 Å². The van der Waals surface area contributed by atoms with E-state index < -0.39 is 23.3 Å². The Morgan fingerprint density at radius 3 is 2.45 bits per heavy atom. The lowest BCUT2D eigenvalue weighted by Crippen LogP contribution is -2.49. The van der Waals surface area contributed by atoms with Gasteiger partial charge >= 0.3 is 5.97 Å². The summed E-state index contributed by atoms with van der Waals surface area (Å²) in [5, 5.41) is 11.9. The minimum atomic E-state index is -0.945. The molecule has 0 bridgehead atoms. The molecular weight excluding hydrogens is 285 g/mol. The number of carboxylic acids is 1. The van der Waals surface area contributed by atoms with E-state index in [0.29, 0.717) is 18.4 Å². The fourth-order valence-corrected chi connectivity index (χ4v) is 3.10. The summed E-state index contributed by atoms with van der Waals surface area (Å²) < 4.78 is 13.5. The molecule has 2 atom stereocenters. The van der Waals surface area contributed by atoms with Crippen LogP contribution < -0.4 is 5.32 Å². The Labute approximate surface area is 129 Å². The van der Waals surface area contributed by atoms with Crippen molar-refractivity contribution in [2.24, 2.45) is 5.92 Å². The van der Waals surface area contributed by atoms with Crippen LogP contribution in [0, 0.1) is 11.7 Å². The van der Waals surface area contributed by atoms with Crippen molar-refractivity contribution in [2.45, 2.75) is 51.0 Å². The summed E-state index contributed by atoms with van der Waals surface area (Å²) in [6, 6.07) is 5.69. The highest BCUT2D eigenvalue weighted by molar-refractivity contribution is 5.89. The topological polar surface area (TPSA) is 66.4 Å². The van der Waals surface area contributed by atoms with Gasteiger partial charge in [-0.1, -0.05) is 25.0 Å². The number of halogens is 1. The van der Waals surface area contributed by atoms with Gasteiger partial charge in [-0.05, 0) is 44.4 Å². The van der Waals surface area contributed by atoms with Gasteiger partial charge in [0.05, 0.1) is 11.3 Å². The van der Waals surface area contributed by atoms with Crippen molar-refractivity contribution in [3.8, 4) is 0 Å². The molecular formula is C17H22FNO3. The van der Waals surface area contributed by atoms with E-state index in [0.717, 1.165) is 12.8 Å². The zero-order chi connectivity index (χ0) is 16.3. The van der Waals surface area contributed by atoms with Gasteiger partial charge in [0.25, 0.3) is 0 Å². The molecule has 120 valence electrons. The van der Waals surface area contributed by atoms with E-state index in [1.54, 1.807) is 26.0 Å². The number of hydrogen-bond acceptors (Lipinski definition) is 2. The van der Waals surface area contributed by atoms with Crippen LogP contribution in [-0.2, 0) is 15.0 Å². The van der Waals surface area contributed by atoms with Crippen LogP contribution in [0.5, 0.6) is 0 Å². The van der Waals surface area contributed by atoms with Crippen LogP contribution in [0.2, 0.25) is 0 Å². The van der Waals surface area contributed by atoms with Crippen LogP contribution in [0.3, 0.4) is 0 Å². The van der Waals surface area contributed by atoms with Crippen molar-refractivity contribution < 1.29 is 19.1 Å². The maximum absolute atomic E-state index is 13.5. The first-order valence-electron chi connectivity index (χ1n) is 7.66. The number of amides is 1. The Morgan fingerprint density at radius 1 is 1.27 bits per heavy atom. The third-order valence-electron chi connectivity index (χ3n) is 4.77. The number of carboxylic acid groups (broad SMARTS) is 1. The molecule has 0 aliphatic heterocycles. The minimum Gasteiger partial charge on any atom is -0.481 e. The average molecular weight is 307 g/mol. The van der Waals surface area contributed by atoms with E-state index in [1.807, 2.05) is 0 Å². The van der Waals surface area contributed by atoms with Gasteiger partial charge in [-0.25, -0.2) is 4.39 Å². The molecule has 1 aromatic rings. The van der Waals surface area contributed by atoms with E-state index >= 15 is 0 Å². The summed E-state index contributed by atoms with van der Waals surface area (Å²) in [5.41, 5.74) is -0.0631. The summed E-state index contributed by atoms with van der Waals surface area (Å²) in [7, 11) is 0. The molecule has 5 heteroatoms. The van der Waals surface area contributed by atoms with Gasteiger partial charge < -0.3 is 10.4 Å².